The van der Waals surface area contributed by atoms with Crippen LogP contribution in [0.5, 0.6) is 0 Å². The summed E-state index contributed by atoms with van der Waals surface area (Å²) in [5.74, 6) is -0.496. The van der Waals surface area contributed by atoms with E-state index in [-0.39, 0.29) is 19.8 Å². The second kappa shape index (κ2) is 37.9. The van der Waals surface area contributed by atoms with Crippen LogP contribution in [0.25, 0.3) is 0 Å². The van der Waals surface area contributed by atoms with Crippen molar-refractivity contribution in [2.75, 3.05) is 54.1 Å². The summed E-state index contributed by atoms with van der Waals surface area (Å²) in [7, 11) is 1.37. The highest BCUT2D eigenvalue weighted by Crippen LogP contribution is 2.38. The van der Waals surface area contributed by atoms with Gasteiger partial charge in [0.2, 0.25) is 0 Å². The second-order valence-corrected chi connectivity index (χ2v) is 17.5. The normalized spacial score (nSPS) is 14.0. The van der Waals surface area contributed by atoms with Crippen molar-refractivity contribution >= 4 is 13.8 Å². The minimum absolute atomic E-state index is 0.0293. The third kappa shape index (κ3) is 42.0. The molecule has 2 atom stereocenters. The Morgan fingerprint density at radius 2 is 1.02 bits per heavy atom. The molecule has 314 valence electrons. The quantitative estimate of drug-likeness (QED) is 0.0152. The minimum Gasteiger partial charge on any atom is -0.756 e. The van der Waals surface area contributed by atoms with Gasteiger partial charge in [0.1, 0.15) is 25.9 Å². The summed E-state index contributed by atoms with van der Waals surface area (Å²) in [6.07, 6.45) is 42.6. The molecule has 0 aliphatic heterocycles. The Balaban J connectivity index is 4.30. The van der Waals surface area contributed by atoms with Crippen molar-refractivity contribution in [2.45, 2.75) is 200 Å². The molecule has 0 rings (SSSR count). The van der Waals surface area contributed by atoms with E-state index < -0.39 is 19.9 Å². The topological polar surface area (TPSA) is 94.1 Å². The molecule has 0 amide bonds. The van der Waals surface area contributed by atoms with Crippen LogP contribution in [0.3, 0.4) is 0 Å². The van der Waals surface area contributed by atoms with Crippen molar-refractivity contribution in [1.29, 1.82) is 0 Å². The van der Waals surface area contributed by atoms with Gasteiger partial charge >= 0.3 is 5.97 Å². The van der Waals surface area contributed by atoms with Gasteiger partial charge in [-0.15, -0.1) is 0 Å². The van der Waals surface area contributed by atoms with Gasteiger partial charge < -0.3 is 27.9 Å². The molecule has 2 unspecified atom stereocenters. The summed E-state index contributed by atoms with van der Waals surface area (Å²) >= 11 is 0. The standard InChI is InChI=1S/C44H86NO7P/c1-6-8-10-12-14-16-18-20-22-24-26-28-30-32-34-36-39-49-43(42-52-53(47,48)51-40-38-45(3,4)5)41-50-44(46)37-35-33-31-29-27-25-23-21-19-17-15-13-11-9-7-2/h31,33,35,37,43H,6-30,32,34,36,38-42H2,1-5H3/b33-31+,37-35+. The Morgan fingerprint density at radius 1 is 0.585 bits per heavy atom. The predicted octanol–water partition coefficient (Wildman–Crippen LogP) is 12.2. The van der Waals surface area contributed by atoms with Crippen molar-refractivity contribution in [3.05, 3.63) is 24.3 Å². The second-order valence-electron chi connectivity index (χ2n) is 16.1. The molecular weight excluding hydrogens is 685 g/mol. The molecule has 0 saturated heterocycles. The van der Waals surface area contributed by atoms with Crippen LogP contribution in [-0.4, -0.2) is 70.7 Å². The number of esters is 1. The van der Waals surface area contributed by atoms with Crippen LogP contribution in [0.1, 0.15) is 194 Å². The number of allylic oxidation sites excluding steroid dienone is 3. The maximum atomic E-state index is 12.4. The predicted molar refractivity (Wildman–Crippen MR) is 222 cm³/mol. The molecule has 8 nitrogen and oxygen atoms in total. The SMILES string of the molecule is CCCCCCCCCCCCC/C=C/C=C/C(=O)OCC(COP(=O)([O-])OCC[N+](C)(C)C)OCCCCCCCCCCCCCCCCCC. The molecular formula is C44H86NO7P. The fraction of sp³-hybridized carbons (Fsp3) is 0.886. The number of ether oxygens (including phenoxy) is 2. The first-order chi connectivity index (χ1) is 25.6. The lowest BCUT2D eigenvalue weighted by Crippen LogP contribution is -2.37. The highest BCUT2D eigenvalue weighted by Gasteiger charge is 2.18. The monoisotopic (exact) mass is 772 g/mol. The Bertz CT molecular complexity index is 905. The van der Waals surface area contributed by atoms with E-state index in [4.69, 9.17) is 18.5 Å². The summed E-state index contributed by atoms with van der Waals surface area (Å²) in [6.45, 7) is 5.18. The maximum Gasteiger partial charge on any atom is 0.330 e. The van der Waals surface area contributed by atoms with Gasteiger partial charge in [0.15, 0.2) is 0 Å². The number of rotatable bonds is 41. The van der Waals surface area contributed by atoms with Crippen LogP contribution >= 0.6 is 7.82 Å². The Kier molecular flexibility index (Phi) is 37.2. The van der Waals surface area contributed by atoms with Gasteiger partial charge in [-0.25, -0.2) is 4.79 Å². The number of hydrogen-bond acceptors (Lipinski definition) is 7. The van der Waals surface area contributed by atoms with Crippen LogP contribution in [0.4, 0.5) is 0 Å². The van der Waals surface area contributed by atoms with Gasteiger partial charge in [0.25, 0.3) is 7.82 Å². The summed E-state index contributed by atoms with van der Waals surface area (Å²) in [5, 5.41) is 0. The summed E-state index contributed by atoms with van der Waals surface area (Å²) < 4.78 is 34.4. The van der Waals surface area contributed by atoms with E-state index in [9.17, 15) is 14.3 Å². The van der Waals surface area contributed by atoms with E-state index in [0.29, 0.717) is 17.6 Å². The molecule has 53 heavy (non-hydrogen) atoms. The Morgan fingerprint density at radius 3 is 1.47 bits per heavy atom. The molecule has 0 saturated carbocycles. The van der Waals surface area contributed by atoms with Crippen LogP contribution in [0.2, 0.25) is 0 Å². The van der Waals surface area contributed by atoms with Gasteiger partial charge in [0.05, 0.1) is 27.7 Å². The minimum atomic E-state index is -4.51. The fourth-order valence-electron chi connectivity index (χ4n) is 6.14. The van der Waals surface area contributed by atoms with E-state index in [1.54, 1.807) is 6.08 Å². The van der Waals surface area contributed by atoms with Crippen molar-refractivity contribution in [1.82, 2.24) is 0 Å². The number of unbranched alkanes of at least 4 members (excludes halogenated alkanes) is 26. The lowest BCUT2D eigenvalue weighted by molar-refractivity contribution is -0.870. The number of likely N-dealkylation sites (N-methyl/N-ethyl adjacent to an activating group) is 1. The van der Waals surface area contributed by atoms with E-state index in [1.165, 1.54) is 154 Å². The fourth-order valence-corrected chi connectivity index (χ4v) is 6.87. The molecule has 0 aromatic rings. The molecule has 0 aliphatic rings. The third-order valence-electron chi connectivity index (χ3n) is 9.65. The van der Waals surface area contributed by atoms with Crippen LogP contribution in [-0.2, 0) is 27.9 Å². The summed E-state index contributed by atoms with van der Waals surface area (Å²) in [6, 6.07) is 0. The average molecular weight is 772 g/mol. The largest absolute Gasteiger partial charge is 0.756 e. The summed E-state index contributed by atoms with van der Waals surface area (Å²) in [4.78, 5) is 24.7. The van der Waals surface area contributed by atoms with Crippen molar-refractivity contribution in [3.63, 3.8) is 0 Å². The zero-order valence-electron chi connectivity index (χ0n) is 35.5. The number of quaternary nitrogens is 1. The van der Waals surface area contributed by atoms with Crippen LogP contribution < -0.4 is 4.89 Å². The van der Waals surface area contributed by atoms with Crippen molar-refractivity contribution in [3.8, 4) is 0 Å². The molecule has 0 heterocycles. The van der Waals surface area contributed by atoms with Gasteiger partial charge in [-0.1, -0.05) is 193 Å². The first-order valence-electron chi connectivity index (χ1n) is 22.1. The van der Waals surface area contributed by atoms with Gasteiger partial charge in [-0.2, -0.15) is 0 Å². The van der Waals surface area contributed by atoms with Crippen molar-refractivity contribution < 1.29 is 37.3 Å². The molecule has 0 fully saturated rings. The first-order valence-corrected chi connectivity index (χ1v) is 23.6. The molecule has 0 spiro atoms. The number of carbonyl (C=O) groups excluding carboxylic acids is 1. The van der Waals surface area contributed by atoms with Gasteiger partial charge in [0, 0.05) is 12.7 Å². The van der Waals surface area contributed by atoms with E-state index >= 15 is 0 Å². The van der Waals surface area contributed by atoms with E-state index in [1.807, 2.05) is 27.2 Å². The Hall–Kier alpha value is -1.02. The number of phosphoric ester groups is 1. The highest BCUT2D eigenvalue weighted by molar-refractivity contribution is 7.45. The lowest BCUT2D eigenvalue weighted by atomic mass is 10.0. The molecule has 0 radical (unpaired) electrons. The smallest absolute Gasteiger partial charge is 0.330 e. The van der Waals surface area contributed by atoms with Gasteiger partial charge in [-0.05, 0) is 19.3 Å². The number of hydrogen-bond donors (Lipinski definition) is 0. The molecule has 0 bridgehead atoms. The number of nitrogens with zero attached hydrogens (tertiary/aromatic N) is 1. The Labute approximate surface area is 328 Å². The summed E-state index contributed by atoms with van der Waals surface area (Å²) in [5.41, 5.74) is 0. The zero-order valence-corrected chi connectivity index (χ0v) is 36.4. The number of phosphoric acid groups is 1. The lowest BCUT2D eigenvalue weighted by Gasteiger charge is -2.28. The molecule has 0 aromatic carbocycles. The van der Waals surface area contributed by atoms with E-state index in [2.05, 4.69) is 19.9 Å². The van der Waals surface area contributed by atoms with Crippen LogP contribution in [0, 0.1) is 0 Å². The van der Waals surface area contributed by atoms with Crippen LogP contribution in [0.15, 0.2) is 24.3 Å². The van der Waals surface area contributed by atoms with Crippen molar-refractivity contribution in [2.24, 2.45) is 0 Å². The molecule has 0 aromatic heterocycles. The molecule has 9 heteroatoms. The van der Waals surface area contributed by atoms with Gasteiger partial charge in [-0.3, -0.25) is 4.57 Å². The molecule has 0 N–H and O–H groups in total. The third-order valence-corrected chi connectivity index (χ3v) is 10.6. The number of carbonyl (C=O) groups is 1. The average Bonchev–Trinajstić information content (AvgIpc) is 3.11. The zero-order chi connectivity index (χ0) is 39.1. The van der Waals surface area contributed by atoms with E-state index in [0.717, 1.165) is 32.1 Å². The maximum absolute atomic E-state index is 12.4. The first kappa shape index (κ1) is 52.0. The highest BCUT2D eigenvalue weighted by atomic mass is 31.2. The molecule has 0 aliphatic carbocycles.